The highest BCUT2D eigenvalue weighted by molar-refractivity contribution is 5.14. The van der Waals surface area contributed by atoms with Gasteiger partial charge in [-0.2, -0.15) is 0 Å². The van der Waals surface area contributed by atoms with Gasteiger partial charge < -0.3 is 10.1 Å². The van der Waals surface area contributed by atoms with Crippen molar-refractivity contribution in [2.75, 3.05) is 19.6 Å². The van der Waals surface area contributed by atoms with Crippen LogP contribution in [0.5, 0.6) is 0 Å². The van der Waals surface area contributed by atoms with E-state index in [-0.39, 0.29) is 0 Å². The number of rotatable bonds is 5. The van der Waals surface area contributed by atoms with Crippen LogP contribution < -0.4 is 5.32 Å². The summed E-state index contributed by atoms with van der Waals surface area (Å²) in [7, 11) is 0. The molecule has 106 valence electrons. The van der Waals surface area contributed by atoms with Gasteiger partial charge in [0.25, 0.3) is 0 Å². The zero-order valence-electron chi connectivity index (χ0n) is 12.2. The lowest BCUT2D eigenvalue weighted by atomic mass is 10.2. The summed E-state index contributed by atoms with van der Waals surface area (Å²) in [5.41, 5.74) is 2.39. The molecule has 1 aromatic rings. The average molecular weight is 263 g/mol. The molecule has 2 heterocycles. The molecular formula is C15H25N3O. The van der Waals surface area contributed by atoms with Crippen LogP contribution in [0.15, 0.2) is 18.3 Å². The van der Waals surface area contributed by atoms with Crippen molar-refractivity contribution in [1.82, 2.24) is 15.2 Å². The van der Waals surface area contributed by atoms with Crippen molar-refractivity contribution in [3.8, 4) is 0 Å². The van der Waals surface area contributed by atoms with Crippen molar-refractivity contribution in [1.29, 1.82) is 0 Å². The third kappa shape index (κ3) is 4.56. The fourth-order valence-corrected chi connectivity index (χ4v) is 2.57. The highest BCUT2D eigenvalue weighted by atomic mass is 16.5. The zero-order chi connectivity index (χ0) is 13.7. The van der Waals surface area contributed by atoms with Gasteiger partial charge >= 0.3 is 0 Å². The Hall–Kier alpha value is -0.970. The molecule has 0 saturated carbocycles. The standard InChI is InChI=1S/C15H25N3O/c1-4-16-7-14-5-6-15(17-8-14)11-18-9-12(2)19-13(3)10-18/h5-6,8,12-13,16H,4,7,9-11H2,1-3H3/t12-,13+. The largest absolute Gasteiger partial charge is 0.373 e. The number of nitrogens with zero attached hydrogens (tertiary/aromatic N) is 2. The minimum Gasteiger partial charge on any atom is -0.373 e. The number of ether oxygens (including phenoxy) is 1. The number of hydrogen-bond donors (Lipinski definition) is 1. The summed E-state index contributed by atoms with van der Waals surface area (Å²) in [4.78, 5) is 6.98. The summed E-state index contributed by atoms with van der Waals surface area (Å²) in [5, 5.41) is 3.31. The summed E-state index contributed by atoms with van der Waals surface area (Å²) < 4.78 is 5.75. The van der Waals surface area contributed by atoms with E-state index in [1.807, 2.05) is 6.20 Å². The van der Waals surface area contributed by atoms with Crippen molar-refractivity contribution < 1.29 is 4.74 Å². The Balaban J connectivity index is 1.88. The van der Waals surface area contributed by atoms with Crippen molar-refractivity contribution in [2.45, 2.75) is 46.1 Å². The van der Waals surface area contributed by atoms with Gasteiger partial charge in [0.1, 0.15) is 0 Å². The van der Waals surface area contributed by atoms with Crippen molar-refractivity contribution in [3.63, 3.8) is 0 Å². The molecule has 1 N–H and O–H groups in total. The second kappa shape index (κ2) is 6.98. The first-order valence-corrected chi connectivity index (χ1v) is 7.19. The van der Waals surface area contributed by atoms with Crippen molar-refractivity contribution in [3.05, 3.63) is 29.6 Å². The first-order chi connectivity index (χ1) is 9.17. The lowest BCUT2D eigenvalue weighted by Gasteiger charge is -2.35. The Kier molecular flexibility index (Phi) is 5.31. The van der Waals surface area contributed by atoms with Crippen LogP contribution in [0.25, 0.3) is 0 Å². The molecule has 0 bridgehead atoms. The smallest absolute Gasteiger partial charge is 0.0678 e. The van der Waals surface area contributed by atoms with E-state index >= 15 is 0 Å². The molecule has 0 radical (unpaired) electrons. The predicted molar refractivity (Wildman–Crippen MR) is 76.9 cm³/mol. The third-order valence-corrected chi connectivity index (χ3v) is 3.35. The van der Waals surface area contributed by atoms with Crippen LogP contribution in [0, 0.1) is 0 Å². The third-order valence-electron chi connectivity index (χ3n) is 3.35. The lowest BCUT2D eigenvalue weighted by molar-refractivity contribution is -0.0707. The molecule has 4 nitrogen and oxygen atoms in total. The molecule has 1 fully saturated rings. The summed E-state index contributed by atoms with van der Waals surface area (Å²) in [6.07, 6.45) is 2.61. The quantitative estimate of drug-likeness (QED) is 0.879. The number of hydrogen-bond acceptors (Lipinski definition) is 4. The van der Waals surface area contributed by atoms with E-state index < -0.39 is 0 Å². The van der Waals surface area contributed by atoms with Gasteiger partial charge in [0, 0.05) is 32.4 Å². The lowest BCUT2D eigenvalue weighted by Crippen LogP contribution is -2.44. The number of aromatic nitrogens is 1. The maximum atomic E-state index is 5.75. The molecule has 1 saturated heterocycles. The molecule has 2 atom stereocenters. The van der Waals surface area contributed by atoms with E-state index in [1.54, 1.807) is 0 Å². The topological polar surface area (TPSA) is 37.4 Å². The van der Waals surface area contributed by atoms with Crippen LogP contribution in [0.3, 0.4) is 0 Å². The second-order valence-corrected chi connectivity index (χ2v) is 5.39. The van der Waals surface area contributed by atoms with E-state index in [2.05, 4.69) is 48.1 Å². The van der Waals surface area contributed by atoms with Crippen LogP contribution in [0.4, 0.5) is 0 Å². The van der Waals surface area contributed by atoms with Gasteiger partial charge in [-0.25, -0.2) is 0 Å². The average Bonchev–Trinajstić information content (AvgIpc) is 2.37. The molecule has 1 aliphatic rings. The Morgan fingerprint density at radius 2 is 2.05 bits per heavy atom. The minimum absolute atomic E-state index is 0.316. The monoisotopic (exact) mass is 263 g/mol. The van der Waals surface area contributed by atoms with E-state index in [4.69, 9.17) is 4.74 Å². The second-order valence-electron chi connectivity index (χ2n) is 5.39. The van der Waals surface area contributed by atoms with Gasteiger partial charge in [0.15, 0.2) is 0 Å². The summed E-state index contributed by atoms with van der Waals surface area (Å²) in [5.74, 6) is 0. The Labute approximate surface area is 116 Å². The van der Waals surface area contributed by atoms with Gasteiger partial charge in [0.2, 0.25) is 0 Å². The molecule has 0 aromatic carbocycles. The van der Waals surface area contributed by atoms with Crippen LogP contribution in [0.1, 0.15) is 32.0 Å². The highest BCUT2D eigenvalue weighted by Crippen LogP contribution is 2.13. The van der Waals surface area contributed by atoms with E-state index in [9.17, 15) is 0 Å². The maximum Gasteiger partial charge on any atom is 0.0678 e. The molecule has 0 unspecified atom stereocenters. The number of morpholine rings is 1. The molecule has 19 heavy (non-hydrogen) atoms. The first-order valence-electron chi connectivity index (χ1n) is 7.19. The minimum atomic E-state index is 0.316. The van der Waals surface area contributed by atoms with Crippen LogP contribution >= 0.6 is 0 Å². The summed E-state index contributed by atoms with van der Waals surface area (Å²) in [6.45, 7) is 11.2. The van der Waals surface area contributed by atoms with Crippen LogP contribution in [-0.4, -0.2) is 41.7 Å². The van der Waals surface area contributed by atoms with Gasteiger partial charge in [-0.3, -0.25) is 9.88 Å². The molecule has 0 spiro atoms. The Bertz CT molecular complexity index is 369. The SMILES string of the molecule is CCNCc1ccc(CN2C[C@@H](C)O[C@@H](C)C2)nc1. The van der Waals surface area contributed by atoms with E-state index in [0.29, 0.717) is 12.2 Å². The van der Waals surface area contributed by atoms with E-state index in [0.717, 1.165) is 38.4 Å². The van der Waals surface area contributed by atoms with Crippen molar-refractivity contribution >= 4 is 0 Å². The predicted octanol–water partition coefficient (Wildman–Crippen LogP) is 1.80. The molecule has 1 aromatic heterocycles. The fraction of sp³-hybridized carbons (Fsp3) is 0.667. The Morgan fingerprint density at radius 3 is 2.63 bits per heavy atom. The maximum absolute atomic E-state index is 5.75. The van der Waals surface area contributed by atoms with Gasteiger partial charge in [0.05, 0.1) is 17.9 Å². The normalized spacial score (nSPS) is 24.6. The van der Waals surface area contributed by atoms with Gasteiger partial charge in [-0.05, 0) is 32.0 Å². The molecule has 4 heteroatoms. The fourth-order valence-electron chi connectivity index (χ4n) is 2.57. The van der Waals surface area contributed by atoms with Crippen LogP contribution in [-0.2, 0) is 17.8 Å². The molecular weight excluding hydrogens is 238 g/mol. The van der Waals surface area contributed by atoms with Gasteiger partial charge in [-0.15, -0.1) is 0 Å². The Morgan fingerprint density at radius 1 is 1.32 bits per heavy atom. The van der Waals surface area contributed by atoms with Crippen LogP contribution in [0.2, 0.25) is 0 Å². The van der Waals surface area contributed by atoms with Crippen molar-refractivity contribution in [2.24, 2.45) is 0 Å². The number of nitrogens with one attached hydrogen (secondary N) is 1. The van der Waals surface area contributed by atoms with Gasteiger partial charge in [-0.1, -0.05) is 13.0 Å². The molecule has 0 aliphatic carbocycles. The first kappa shape index (κ1) is 14.4. The van der Waals surface area contributed by atoms with E-state index in [1.165, 1.54) is 5.56 Å². The molecule has 2 rings (SSSR count). The summed E-state index contributed by atoms with van der Waals surface area (Å²) in [6, 6.07) is 4.30. The molecule has 0 amide bonds. The highest BCUT2D eigenvalue weighted by Gasteiger charge is 2.22. The number of pyridine rings is 1. The zero-order valence-corrected chi connectivity index (χ0v) is 12.2. The molecule has 1 aliphatic heterocycles. The summed E-state index contributed by atoms with van der Waals surface area (Å²) >= 11 is 0.